The summed E-state index contributed by atoms with van der Waals surface area (Å²) in [5.74, 6) is 0.654. The quantitative estimate of drug-likeness (QED) is 0.554. The van der Waals surface area contributed by atoms with Gasteiger partial charge in [0.1, 0.15) is 0 Å². The Balaban J connectivity index is 2.09. The first-order valence-corrected chi connectivity index (χ1v) is 7.21. The highest BCUT2D eigenvalue weighted by atomic mass is 16.5. The van der Waals surface area contributed by atoms with Crippen LogP contribution < -0.4 is 11.1 Å². The van der Waals surface area contributed by atoms with E-state index in [4.69, 9.17) is 10.5 Å². The second-order valence-electron chi connectivity index (χ2n) is 5.57. The van der Waals surface area contributed by atoms with Gasteiger partial charge in [0.15, 0.2) is 0 Å². The van der Waals surface area contributed by atoms with E-state index in [1.807, 2.05) is 6.92 Å². The first-order valence-electron chi connectivity index (χ1n) is 7.21. The Hall–Kier alpha value is -0.610. The number of nitrogens with two attached hydrogens (primary N) is 1. The first-order chi connectivity index (χ1) is 8.58. The van der Waals surface area contributed by atoms with Crippen LogP contribution in [0.2, 0.25) is 0 Å². The highest BCUT2D eigenvalue weighted by molar-refractivity contribution is 5.84. The molecule has 3 N–H and O–H groups in total. The summed E-state index contributed by atoms with van der Waals surface area (Å²) in [6, 6.07) is 0. The molecule has 1 rings (SSSR count). The average Bonchev–Trinajstić information content (AvgIpc) is 3.14. The molecule has 1 amide bonds. The maximum absolute atomic E-state index is 11.5. The Kier molecular flexibility index (Phi) is 6.65. The van der Waals surface area contributed by atoms with Crippen LogP contribution in [-0.2, 0) is 9.53 Å². The second kappa shape index (κ2) is 7.74. The fraction of sp³-hybridized carbons (Fsp3) is 0.929. The molecule has 1 aliphatic carbocycles. The van der Waals surface area contributed by atoms with Gasteiger partial charge in [0, 0.05) is 13.2 Å². The summed E-state index contributed by atoms with van der Waals surface area (Å²) in [6.07, 6.45) is 6.57. The van der Waals surface area contributed by atoms with Crippen molar-refractivity contribution in [3.63, 3.8) is 0 Å². The molecular weight excluding hydrogens is 228 g/mol. The van der Waals surface area contributed by atoms with Crippen LogP contribution in [-0.4, -0.2) is 31.2 Å². The number of hydrogen-bond acceptors (Lipinski definition) is 3. The van der Waals surface area contributed by atoms with Gasteiger partial charge in [-0.1, -0.05) is 19.8 Å². The number of carbonyl (C=O) groups excluding carboxylic acids is 1. The molecule has 4 heteroatoms. The van der Waals surface area contributed by atoms with Crippen LogP contribution >= 0.6 is 0 Å². The SMILES string of the molecule is CCCNC(C)(CCCOCCC1CC1)C(N)=O. The fourth-order valence-corrected chi connectivity index (χ4v) is 1.99. The summed E-state index contributed by atoms with van der Waals surface area (Å²) in [6.45, 7) is 6.37. The number of primary amides is 1. The largest absolute Gasteiger partial charge is 0.381 e. The van der Waals surface area contributed by atoms with E-state index in [2.05, 4.69) is 12.2 Å². The third kappa shape index (κ3) is 5.83. The molecular formula is C14H28N2O2. The molecule has 1 saturated carbocycles. The van der Waals surface area contributed by atoms with Crippen molar-refractivity contribution in [3.8, 4) is 0 Å². The molecule has 0 aromatic heterocycles. The van der Waals surface area contributed by atoms with Gasteiger partial charge >= 0.3 is 0 Å². The summed E-state index contributed by atoms with van der Waals surface area (Å²) in [5.41, 5.74) is 4.87. The minimum absolute atomic E-state index is 0.270. The third-order valence-electron chi connectivity index (χ3n) is 3.64. The highest BCUT2D eigenvalue weighted by Crippen LogP contribution is 2.32. The summed E-state index contributed by atoms with van der Waals surface area (Å²) in [4.78, 5) is 11.5. The molecule has 4 nitrogen and oxygen atoms in total. The molecule has 1 aliphatic rings. The Bertz CT molecular complexity index is 254. The number of nitrogens with one attached hydrogen (secondary N) is 1. The van der Waals surface area contributed by atoms with E-state index in [0.717, 1.165) is 44.9 Å². The van der Waals surface area contributed by atoms with Crippen molar-refractivity contribution in [2.75, 3.05) is 19.8 Å². The van der Waals surface area contributed by atoms with Gasteiger partial charge in [0.05, 0.1) is 5.54 Å². The third-order valence-corrected chi connectivity index (χ3v) is 3.64. The minimum Gasteiger partial charge on any atom is -0.381 e. The van der Waals surface area contributed by atoms with Crippen molar-refractivity contribution in [3.05, 3.63) is 0 Å². The molecule has 1 unspecified atom stereocenters. The summed E-state index contributed by atoms with van der Waals surface area (Å²) in [7, 11) is 0. The number of amides is 1. The van der Waals surface area contributed by atoms with Crippen LogP contribution in [0.3, 0.4) is 0 Å². The monoisotopic (exact) mass is 256 g/mol. The smallest absolute Gasteiger partial charge is 0.237 e. The average molecular weight is 256 g/mol. The van der Waals surface area contributed by atoms with E-state index in [9.17, 15) is 4.79 Å². The van der Waals surface area contributed by atoms with Crippen LogP contribution in [0.15, 0.2) is 0 Å². The van der Waals surface area contributed by atoms with Crippen molar-refractivity contribution >= 4 is 5.91 Å². The van der Waals surface area contributed by atoms with Gasteiger partial charge in [-0.05, 0) is 45.1 Å². The van der Waals surface area contributed by atoms with Gasteiger partial charge < -0.3 is 15.8 Å². The molecule has 0 bridgehead atoms. The van der Waals surface area contributed by atoms with Crippen molar-refractivity contribution in [1.29, 1.82) is 0 Å². The number of ether oxygens (including phenoxy) is 1. The van der Waals surface area contributed by atoms with E-state index < -0.39 is 5.54 Å². The zero-order valence-electron chi connectivity index (χ0n) is 11.8. The van der Waals surface area contributed by atoms with E-state index in [0.29, 0.717) is 0 Å². The Labute approximate surface area is 111 Å². The molecule has 0 saturated heterocycles. The van der Waals surface area contributed by atoms with Crippen LogP contribution in [0.5, 0.6) is 0 Å². The van der Waals surface area contributed by atoms with Crippen LogP contribution in [0, 0.1) is 5.92 Å². The lowest BCUT2D eigenvalue weighted by molar-refractivity contribution is -0.124. The molecule has 0 aromatic carbocycles. The zero-order valence-corrected chi connectivity index (χ0v) is 11.8. The van der Waals surface area contributed by atoms with Crippen molar-refractivity contribution in [2.24, 2.45) is 11.7 Å². The first kappa shape index (κ1) is 15.4. The van der Waals surface area contributed by atoms with Gasteiger partial charge in [-0.3, -0.25) is 4.79 Å². The van der Waals surface area contributed by atoms with Crippen molar-refractivity contribution < 1.29 is 9.53 Å². The number of carbonyl (C=O) groups is 1. The Morgan fingerprint density at radius 1 is 1.44 bits per heavy atom. The molecule has 0 heterocycles. The molecule has 0 aliphatic heterocycles. The predicted octanol–water partition coefficient (Wildman–Crippen LogP) is 1.83. The molecule has 18 heavy (non-hydrogen) atoms. The lowest BCUT2D eigenvalue weighted by Crippen LogP contribution is -2.53. The Morgan fingerprint density at radius 2 is 2.17 bits per heavy atom. The lowest BCUT2D eigenvalue weighted by atomic mass is 9.95. The summed E-state index contributed by atoms with van der Waals surface area (Å²) in [5, 5.41) is 3.23. The minimum atomic E-state index is -0.587. The topological polar surface area (TPSA) is 64.3 Å². The summed E-state index contributed by atoms with van der Waals surface area (Å²) < 4.78 is 5.58. The van der Waals surface area contributed by atoms with Crippen molar-refractivity contribution in [2.45, 2.75) is 57.9 Å². The molecule has 1 fully saturated rings. The fourth-order valence-electron chi connectivity index (χ4n) is 1.99. The maximum atomic E-state index is 11.5. The molecule has 1 atom stereocenters. The molecule has 0 radical (unpaired) electrons. The van der Waals surface area contributed by atoms with Gasteiger partial charge in [-0.15, -0.1) is 0 Å². The van der Waals surface area contributed by atoms with Gasteiger partial charge in [-0.2, -0.15) is 0 Å². The standard InChI is InChI=1S/C14H28N2O2/c1-3-9-16-14(2,13(15)17)8-4-10-18-11-7-12-5-6-12/h12,16H,3-11H2,1-2H3,(H2,15,17). The van der Waals surface area contributed by atoms with Gasteiger partial charge in [0.2, 0.25) is 5.91 Å². The Morgan fingerprint density at radius 3 is 2.72 bits per heavy atom. The lowest BCUT2D eigenvalue weighted by Gasteiger charge is -2.27. The van der Waals surface area contributed by atoms with E-state index >= 15 is 0 Å². The van der Waals surface area contributed by atoms with Gasteiger partial charge in [-0.25, -0.2) is 0 Å². The predicted molar refractivity (Wildman–Crippen MR) is 73.3 cm³/mol. The normalized spacial score (nSPS) is 18.6. The van der Waals surface area contributed by atoms with Gasteiger partial charge in [0.25, 0.3) is 0 Å². The molecule has 106 valence electrons. The van der Waals surface area contributed by atoms with E-state index in [-0.39, 0.29) is 5.91 Å². The molecule has 0 spiro atoms. The van der Waals surface area contributed by atoms with Crippen LogP contribution in [0.4, 0.5) is 0 Å². The second-order valence-corrected chi connectivity index (χ2v) is 5.57. The van der Waals surface area contributed by atoms with Crippen LogP contribution in [0.25, 0.3) is 0 Å². The molecule has 0 aromatic rings. The van der Waals surface area contributed by atoms with Crippen LogP contribution in [0.1, 0.15) is 52.4 Å². The number of rotatable bonds is 11. The number of hydrogen-bond donors (Lipinski definition) is 2. The highest BCUT2D eigenvalue weighted by Gasteiger charge is 2.29. The zero-order chi connectivity index (χ0) is 13.4. The summed E-state index contributed by atoms with van der Waals surface area (Å²) >= 11 is 0. The maximum Gasteiger partial charge on any atom is 0.237 e. The van der Waals surface area contributed by atoms with E-state index in [1.165, 1.54) is 19.3 Å². The van der Waals surface area contributed by atoms with Crippen molar-refractivity contribution in [1.82, 2.24) is 5.32 Å². The van der Waals surface area contributed by atoms with E-state index in [1.54, 1.807) is 0 Å².